The van der Waals surface area contributed by atoms with Crippen LogP contribution >= 0.6 is 15.9 Å². The van der Waals surface area contributed by atoms with Crippen LogP contribution in [-0.2, 0) is 0 Å². The van der Waals surface area contributed by atoms with Crippen LogP contribution in [0.2, 0.25) is 0 Å². The van der Waals surface area contributed by atoms with Crippen LogP contribution < -0.4 is 5.32 Å². The molecule has 0 bridgehead atoms. The fourth-order valence-electron chi connectivity index (χ4n) is 2.18. The molecule has 0 heterocycles. The largest absolute Gasteiger partial charge is 0.309 e. The Morgan fingerprint density at radius 3 is 2.11 bits per heavy atom. The topological polar surface area (TPSA) is 12.0 Å². The minimum atomic E-state index is -0.290. The van der Waals surface area contributed by atoms with Crippen LogP contribution in [0.5, 0.6) is 0 Å². The summed E-state index contributed by atoms with van der Waals surface area (Å²) >= 11 is 3.37. The van der Waals surface area contributed by atoms with Gasteiger partial charge in [-0.1, -0.05) is 28.1 Å². The SMILES string of the molecule is CNC(c1ccc(F)cc1C)c1ccc(F)cc1Br. The van der Waals surface area contributed by atoms with E-state index in [1.54, 1.807) is 12.1 Å². The monoisotopic (exact) mass is 325 g/mol. The molecule has 1 unspecified atom stereocenters. The molecular weight excluding hydrogens is 312 g/mol. The van der Waals surface area contributed by atoms with Crippen molar-refractivity contribution in [3.05, 3.63) is 69.2 Å². The first kappa shape index (κ1) is 14.2. The molecule has 0 spiro atoms. The van der Waals surface area contributed by atoms with Gasteiger partial charge < -0.3 is 5.32 Å². The second-order valence-electron chi connectivity index (χ2n) is 4.39. The standard InChI is InChI=1S/C15H14BrF2N/c1-9-7-10(17)3-5-12(9)15(19-2)13-6-4-11(18)8-14(13)16/h3-8,15,19H,1-2H3. The molecule has 100 valence electrons. The van der Waals surface area contributed by atoms with Crippen molar-refractivity contribution in [2.24, 2.45) is 0 Å². The van der Waals surface area contributed by atoms with Gasteiger partial charge in [0, 0.05) is 4.47 Å². The number of benzene rings is 2. The molecule has 0 amide bonds. The zero-order chi connectivity index (χ0) is 14.0. The zero-order valence-corrected chi connectivity index (χ0v) is 12.3. The first-order chi connectivity index (χ1) is 9.02. The summed E-state index contributed by atoms with van der Waals surface area (Å²) in [5.41, 5.74) is 2.74. The molecule has 0 aliphatic carbocycles. The number of hydrogen-bond donors (Lipinski definition) is 1. The smallest absolute Gasteiger partial charge is 0.124 e. The molecule has 1 nitrogen and oxygen atoms in total. The third-order valence-corrected chi connectivity index (χ3v) is 3.79. The minimum absolute atomic E-state index is 0.115. The Balaban J connectivity index is 2.50. The van der Waals surface area contributed by atoms with Gasteiger partial charge in [-0.2, -0.15) is 0 Å². The lowest BCUT2D eigenvalue weighted by molar-refractivity contribution is 0.616. The Bertz CT molecular complexity index is 547. The van der Waals surface area contributed by atoms with Gasteiger partial charge in [0.1, 0.15) is 11.6 Å². The van der Waals surface area contributed by atoms with Crippen LogP contribution in [0, 0.1) is 18.6 Å². The lowest BCUT2D eigenvalue weighted by atomic mass is 9.95. The van der Waals surface area contributed by atoms with Gasteiger partial charge >= 0.3 is 0 Å². The normalized spacial score (nSPS) is 12.5. The summed E-state index contributed by atoms with van der Waals surface area (Å²) < 4.78 is 27.0. The van der Waals surface area contributed by atoms with E-state index in [-0.39, 0.29) is 17.7 Å². The van der Waals surface area contributed by atoms with Gasteiger partial charge in [0.25, 0.3) is 0 Å². The minimum Gasteiger partial charge on any atom is -0.309 e. The Labute approximate surface area is 119 Å². The number of halogens is 3. The van der Waals surface area contributed by atoms with Gasteiger partial charge in [-0.15, -0.1) is 0 Å². The molecule has 4 heteroatoms. The second kappa shape index (κ2) is 5.80. The molecule has 0 aliphatic heterocycles. The molecule has 0 saturated carbocycles. The number of nitrogens with one attached hydrogen (secondary N) is 1. The number of rotatable bonds is 3. The van der Waals surface area contributed by atoms with Crippen molar-refractivity contribution >= 4 is 15.9 Å². The van der Waals surface area contributed by atoms with E-state index in [9.17, 15) is 8.78 Å². The molecule has 2 rings (SSSR count). The van der Waals surface area contributed by atoms with Gasteiger partial charge in [-0.25, -0.2) is 8.78 Å². The molecule has 0 radical (unpaired) electrons. The van der Waals surface area contributed by atoms with Crippen molar-refractivity contribution in [3.63, 3.8) is 0 Å². The number of aryl methyl sites for hydroxylation is 1. The van der Waals surface area contributed by atoms with E-state index in [1.165, 1.54) is 24.3 Å². The Kier molecular flexibility index (Phi) is 4.32. The van der Waals surface area contributed by atoms with E-state index in [0.29, 0.717) is 4.47 Å². The molecule has 0 saturated heterocycles. The van der Waals surface area contributed by atoms with Gasteiger partial charge in [0.05, 0.1) is 6.04 Å². The first-order valence-corrected chi connectivity index (χ1v) is 6.70. The van der Waals surface area contributed by atoms with Crippen molar-refractivity contribution in [3.8, 4) is 0 Å². The van der Waals surface area contributed by atoms with E-state index in [4.69, 9.17) is 0 Å². The van der Waals surface area contributed by atoms with E-state index >= 15 is 0 Å². The van der Waals surface area contributed by atoms with Crippen LogP contribution in [-0.4, -0.2) is 7.05 Å². The average molecular weight is 326 g/mol. The molecule has 1 N–H and O–H groups in total. The summed E-state index contributed by atoms with van der Waals surface area (Å²) in [5, 5.41) is 3.18. The van der Waals surface area contributed by atoms with E-state index < -0.39 is 0 Å². The maximum Gasteiger partial charge on any atom is 0.124 e. The lowest BCUT2D eigenvalue weighted by Gasteiger charge is -2.20. The van der Waals surface area contributed by atoms with Crippen LogP contribution in [0.3, 0.4) is 0 Å². The van der Waals surface area contributed by atoms with E-state index in [2.05, 4.69) is 21.2 Å². The van der Waals surface area contributed by atoms with Crippen molar-refractivity contribution in [1.82, 2.24) is 5.32 Å². The summed E-state index contributed by atoms with van der Waals surface area (Å²) in [4.78, 5) is 0. The molecule has 0 aromatic heterocycles. The highest BCUT2D eigenvalue weighted by Gasteiger charge is 2.17. The van der Waals surface area contributed by atoms with Crippen LogP contribution in [0.15, 0.2) is 40.9 Å². The van der Waals surface area contributed by atoms with Gasteiger partial charge in [-0.3, -0.25) is 0 Å². The molecule has 1 atom stereocenters. The summed E-state index contributed by atoms with van der Waals surface area (Å²) in [7, 11) is 1.82. The lowest BCUT2D eigenvalue weighted by Crippen LogP contribution is -2.19. The quantitative estimate of drug-likeness (QED) is 0.884. The highest BCUT2D eigenvalue weighted by molar-refractivity contribution is 9.10. The summed E-state index contributed by atoms with van der Waals surface area (Å²) in [5.74, 6) is -0.546. The molecule has 0 fully saturated rings. The molecule has 0 aliphatic rings. The molecular formula is C15H14BrF2N. The fraction of sp³-hybridized carbons (Fsp3) is 0.200. The van der Waals surface area contributed by atoms with E-state index in [1.807, 2.05) is 14.0 Å². The molecule has 19 heavy (non-hydrogen) atoms. The second-order valence-corrected chi connectivity index (χ2v) is 5.24. The van der Waals surface area contributed by atoms with Gasteiger partial charge in [-0.05, 0) is 54.9 Å². The van der Waals surface area contributed by atoms with Gasteiger partial charge in [0.15, 0.2) is 0 Å². The fourth-order valence-corrected chi connectivity index (χ4v) is 2.76. The van der Waals surface area contributed by atoms with Gasteiger partial charge in [0.2, 0.25) is 0 Å². The summed E-state index contributed by atoms with van der Waals surface area (Å²) in [6.45, 7) is 1.86. The molecule has 2 aromatic rings. The first-order valence-electron chi connectivity index (χ1n) is 5.91. The van der Waals surface area contributed by atoms with Crippen molar-refractivity contribution < 1.29 is 8.78 Å². The van der Waals surface area contributed by atoms with Crippen molar-refractivity contribution in [2.75, 3.05) is 7.05 Å². The van der Waals surface area contributed by atoms with Crippen molar-refractivity contribution in [2.45, 2.75) is 13.0 Å². The highest BCUT2D eigenvalue weighted by Crippen LogP contribution is 2.30. The third-order valence-electron chi connectivity index (χ3n) is 3.11. The Morgan fingerprint density at radius 1 is 1.00 bits per heavy atom. The maximum atomic E-state index is 13.2. The third kappa shape index (κ3) is 3.01. The van der Waals surface area contributed by atoms with E-state index in [0.717, 1.165) is 16.7 Å². The van der Waals surface area contributed by atoms with Crippen molar-refractivity contribution in [1.29, 1.82) is 0 Å². The Morgan fingerprint density at radius 2 is 1.58 bits per heavy atom. The summed E-state index contributed by atoms with van der Waals surface area (Å²) in [6, 6.07) is 9.14. The predicted molar refractivity (Wildman–Crippen MR) is 76.1 cm³/mol. The maximum absolute atomic E-state index is 13.2. The van der Waals surface area contributed by atoms with Crippen LogP contribution in [0.4, 0.5) is 8.78 Å². The predicted octanol–water partition coefficient (Wildman–Crippen LogP) is 4.34. The highest BCUT2D eigenvalue weighted by atomic mass is 79.9. The van der Waals surface area contributed by atoms with Crippen LogP contribution in [0.25, 0.3) is 0 Å². The Hall–Kier alpha value is -1.26. The molecule has 2 aromatic carbocycles. The summed E-state index contributed by atoms with van der Waals surface area (Å²) in [6.07, 6.45) is 0. The number of hydrogen-bond acceptors (Lipinski definition) is 1. The van der Waals surface area contributed by atoms with Crippen LogP contribution in [0.1, 0.15) is 22.7 Å². The average Bonchev–Trinajstić information content (AvgIpc) is 2.34. The zero-order valence-electron chi connectivity index (χ0n) is 10.7.